The van der Waals surface area contributed by atoms with Crippen LogP contribution in [0.3, 0.4) is 0 Å². The predicted octanol–water partition coefficient (Wildman–Crippen LogP) is 0.804. The van der Waals surface area contributed by atoms with E-state index in [1.807, 2.05) is 0 Å². The van der Waals surface area contributed by atoms with Crippen molar-refractivity contribution in [1.29, 1.82) is 0 Å². The summed E-state index contributed by atoms with van der Waals surface area (Å²) in [5.74, 6) is -1.64. The van der Waals surface area contributed by atoms with Gasteiger partial charge in [-0.25, -0.2) is 4.79 Å². The molecule has 114 valence electrons. The molecular weight excluding hydrogens is 278 g/mol. The van der Waals surface area contributed by atoms with Crippen LogP contribution in [0.1, 0.15) is 23.2 Å². The minimum Gasteiger partial charge on any atom is -0.508 e. The molecular formula is C14H17NO6. The normalized spacial score (nSPS) is 15.9. The first-order valence-electron chi connectivity index (χ1n) is 6.62. The molecule has 0 unspecified atom stereocenters. The Morgan fingerprint density at radius 1 is 1.24 bits per heavy atom. The summed E-state index contributed by atoms with van der Waals surface area (Å²) in [6, 6.07) is 3.80. The summed E-state index contributed by atoms with van der Waals surface area (Å²) in [5.41, 5.74) is 0.0555. The van der Waals surface area contributed by atoms with E-state index in [9.17, 15) is 19.8 Å². The van der Waals surface area contributed by atoms with E-state index < -0.39 is 5.97 Å². The molecule has 1 saturated heterocycles. The maximum absolute atomic E-state index is 12.3. The minimum absolute atomic E-state index is 0.0555. The van der Waals surface area contributed by atoms with Crippen LogP contribution >= 0.6 is 0 Å². The third-order valence-corrected chi connectivity index (χ3v) is 3.38. The summed E-state index contributed by atoms with van der Waals surface area (Å²) in [4.78, 5) is 24.2. The van der Waals surface area contributed by atoms with Gasteiger partial charge in [-0.1, -0.05) is 0 Å². The first kappa shape index (κ1) is 15.1. The molecule has 7 nitrogen and oxygen atoms in total. The molecule has 0 atom stereocenters. The molecule has 0 radical (unpaired) electrons. The molecule has 1 aliphatic heterocycles. The SMILES string of the molecule is O=C(O)COC1CCN(C(=O)c2cc(O)ccc2O)CC1. The first-order valence-corrected chi connectivity index (χ1v) is 6.62. The Labute approximate surface area is 121 Å². The second-order valence-electron chi connectivity index (χ2n) is 4.90. The van der Waals surface area contributed by atoms with Crippen LogP contribution in [0.25, 0.3) is 0 Å². The summed E-state index contributed by atoms with van der Waals surface area (Å²) in [6.07, 6.45) is 0.903. The molecule has 1 amide bonds. The highest BCUT2D eigenvalue weighted by Crippen LogP contribution is 2.25. The monoisotopic (exact) mass is 295 g/mol. The van der Waals surface area contributed by atoms with Crippen molar-refractivity contribution in [3.63, 3.8) is 0 Å². The highest BCUT2D eigenvalue weighted by Gasteiger charge is 2.26. The molecule has 0 spiro atoms. The van der Waals surface area contributed by atoms with E-state index in [0.717, 1.165) is 0 Å². The van der Waals surface area contributed by atoms with Gasteiger partial charge in [0, 0.05) is 13.1 Å². The number of carbonyl (C=O) groups is 2. The van der Waals surface area contributed by atoms with Gasteiger partial charge in [0.15, 0.2) is 0 Å². The van der Waals surface area contributed by atoms with Crippen molar-refractivity contribution in [2.45, 2.75) is 18.9 Å². The number of nitrogens with zero attached hydrogens (tertiary/aromatic N) is 1. The van der Waals surface area contributed by atoms with Crippen molar-refractivity contribution < 1.29 is 29.6 Å². The second-order valence-corrected chi connectivity index (χ2v) is 4.90. The summed E-state index contributed by atoms with van der Waals surface area (Å²) < 4.78 is 5.19. The number of hydrogen-bond acceptors (Lipinski definition) is 5. The van der Waals surface area contributed by atoms with E-state index in [1.165, 1.54) is 18.2 Å². The van der Waals surface area contributed by atoms with Crippen molar-refractivity contribution in [2.75, 3.05) is 19.7 Å². The number of aromatic hydroxyl groups is 2. The third kappa shape index (κ3) is 3.85. The maximum atomic E-state index is 12.3. The summed E-state index contributed by atoms with van der Waals surface area (Å²) in [6.45, 7) is 0.488. The van der Waals surface area contributed by atoms with E-state index in [1.54, 1.807) is 4.90 Å². The molecule has 1 aromatic rings. The molecule has 1 aliphatic rings. The van der Waals surface area contributed by atoms with Gasteiger partial charge in [-0.3, -0.25) is 4.79 Å². The van der Waals surface area contributed by atoms with Crippen LogP contribution in [-0.2, 0) is 9.53 Å². The number of carbonyl (C=O) groups excluding carboxylic acids is 1. The zero-order chi connectivity index (χ0) is 15.4. The number of carboxylic acids is 1. The molecule has 0 saturated carbocycles. The molecule has 3 N–H and O–H groups in total. The number of phenols is 2. The summed E-state index contributed by atoms with van der Waals surface area (Å²) in [7, 11) is 0. The zero-order valence-electron chi connectivity index (χ0n) is 11.4. The Bertz CT molecular complexity index is 536. The number of rotatable bonds is 4. The van der Waals surface area contributed by atoms with E-state index in [2.05, 4.69) is 0 Å². The van der Waals surface area contributed by atoms with E-state index in [0.29, 0.717) is 25.9 Å². The maximum Gasteiger partial charge on any atom is 0.329 e. The Kier molecular flexibility index (Phi) is 4.64. The average molecular weight is 295 g/mol. The molecule has 0 aliphatic carbocycles. The van der Waals surface area contributed by atoms with Crippen molar-refractivity contribution in [1.82, 2.24) is 4.90 Å². The van der Waals surface area contributed by atoms with Crippen LogP contribution in [0.15, 0.2) is 18.2 Å². The standard InChI is InChI=1S/C14H17NO6/c16-9-1-2-12(17)11(7-9)14(20)15-5-3-10(4-6-15)21-8-13(18)19/h1-2,7,10,16-17H,3-6,8H2,(H,18,19). The molecule has 21 heavy (non-hydrogen) atoms. The second kappa shape index (κ2) is 6.45. The number of piperidine rings is 1. The lowest BCUT2D eigenvalue weighted by molar-refractivity contribution is -0.145. The fourth-order valence-corrected chi connectivity index (χ4v) is 2.28. The van der Waals surface area contributed by atoms with Crippen molar-refractivity contribution in [2.24, 2.45) is 0 Å². The van der Waals surface area contributed by atoms with Gasteiger partial charge in [0.25, 0.3) is 5.91 Å². The van der Waals surface area contributed by atoms with Gasteiger partial charge in [-0.05, 0) is 31.0 Å². The summed E-state index contributed by atoms with van der Waals surface area (Å²) in [5, 5.41) is 27.6. The van der Waals surface area contributed by atoms with Gasteiger partial charge in [-0.15, -0.1) is 0 Å². The smallest absolute Gasteiger partial charge is 0.329 e. The Morgan fingerprint density at radius 3 is 2.52 bits per heavy atom. The average Bonchev–Trinajstić information content (AvgIpc) is 2.47. The lowest BCUT2D eigenvalue weighted by atomic mass is 10.1. The van der Waals surface area contributed by atoms with E-state index in [-0.39, 0.29) is 35.7 Å². The number of ether oxygens (including phenoxy) is 1. The number of aliphatic carboxylic acids is 1. The van der Waals surface area contributed by atoms with Crippen LogP contribution in [-0.4, -0.2) is 57.9 Å². The van der Waals surface area contributed by atoms with Crippen LogP contribution < -0.4 is 0 Å². The molecule has 2 rings (SSSR count). The molecule has 0 aromatic heterocycles. The quantitative estimate of drug-likeness (QED) is 0.709. The van der Waals surface area contributed by atoms with Crippen molar-refractivity contribution >= 4 is 11.9 Å². The lowest BCUT2D eigenvalue weighted by Gasteiger charge is -2.31. The van der Waals surface area contributed by atoms with Gasteiger partial charge in [0.2, 0.25) is 0 Å². The molecule has 1 aromatic carbocycles. The fourth-order valence-electron chi connectivity index (χ4n) is 2.28. The van der Waals surface area contributed by atoms with Gasteiger partial charge in [0.1, 0.15) is 18.1 Å². The van der Waals surface area contributed by atoms with Crippen LogP contribution in [0.5, 0.6) is 11.5 Å². The van der Waals surface area contributed by atoms with Crippen molar-refractivity contribution in [3.8, 4) is 11.5 Å². The summed E-state index contributed by atoms with van der Waals surface area (Å²) >= 11 is 0. The van der Waals surface area contributed by atoms with Gasteiger partial charge in [0.05, 0.1) is 11.7 Å². The van der Waals surface area contributed by atoms with Crippen LogP contribution in [0.4, 0.5) is 0 Å². The van der Waals surface area contributed by atoms with E-state index in [4.69, 9.17) is 9.84 Å². The number of likely N-dealkylation sites (tertiary alicyclic amines) is 1. The number of benzene rings is 1. The predicted molar refractivity (Wildman–Crippen MR) is 72.3 cm³/mol. The lowest BCUT2D eigenvalue weighted by Crippen LogP contribution is -2.41. The molecule has 1 fully saturated rings. The molecule has 0 bridgehead atoms. The molecule has 1 heterocycles. The van der Waals surface area contributed by atoms with Crippen molar-refractivity contribution in [3.05, 3.63) is 23.8 Å². The number of carboxylic acid groups (broad SMARTS) is 1. The third-order valence-electron chi connectivity index (χ3n) is 3.38. The van der Waals surface area contributed by atoms with Crippen LogP contribution in [0.2, 0.25) is 0 Å². The Hall–Kier alpha value is -2.28. The van der Waals surface area contributed by atoms with Gasteiger partial charge < -0.3 is 25.0 Å². The number of amides is 1. The highest BCUT2D eigenvalue weighted by atomic mass is 16.5. The largest absolute Gasteiger partial charge is 0.508 e. The number of hydrogen-bond donors (Lipinski definition) is 3. The zero-order valence-corrected chi connectivity index (χ0v) is 11.4. The number of phenolic OH excluding ortho intramolecular Hbond substituents is 2. The Morgan fingerprint density at radius 2 is 1.90 bits per heavy atom. The highest BCUT2D eigenvalue weighted by molar-refractivity contribution is 5.97. The first-order chi connectivity index (χ1) is 9.97. The van der Waals surface area contributed by atoms with Gasteiger partial charge >= 0.3 is 5.97 Å². The Balaban J connectivity index is 1.94. The minimum atomic E-state index is -1.02. The van der Waals surface area contributed by atoms with E-state index >= 15 is 0 Å². The molecule has 7 heteroatoms. The van der Waals surface area contributed by atoms with Gasteiger partial charge in [-0.2, -0.15) is 0 Å². The fraction of sp³-hybridized carbons (Fsp3) is 0.429. The van der Waals surface area contributed by atoms with Crippen LogP contribution in [0, 0.1) is 0 Å². The topological polar surface area (TPSA) is 107 Å².